The number of nitrogens with zero attached hydrogens (tertiary/aromatic N) is 2. The van der Waals surface area contributed by atoms with Crippen LogP contribution >= 0.6 is 0 Å². The monoisotopic (exact) mass is 314 g/mol. The van der Waals surface area contributed by atoms with Crippen molar-refractivity contribution in [3.63, 3.8) is 0 Å². The Morgan fingerprint density at radius 2 is 1.91 bits per heavy atom. The Bertz CT molecular complexity index is 661. The Hall–Kier alpha value is -2.14. The van der Waals surface area contributed by atoms with E-state index in [1.807, 2.05) is 48.9 Å². The maximum absolute atomic E-state index is 12.1. The lowest BCUT2D eigenvalue weighted by Gasteiger charge is -2.14. The number of hydrogen-bond acceptors (Lipinski definition) is 3. The zero-order valence-electron chi connectivity index (χ0n) is 14.3. The van der Waals surface area contributed by atoms with Gasteiger partial charge in [0.2, 0.25) is 5.91 Å². The van der Waals surface area contributed by atoms with Gasteiger partial charge in [-0.1, -0.05) is 32.0 Å². The van der Waals surface area contributed by atoms with E-state index in [-0.39, 0.29) is 5.91 Å². The fourth-order valence-electron chi connectivity index (χ4n) is 2.67. The summed E-state index contributed by atoms with van der Waals surface area (Å²) < 4.78 is 1.91. The molecule has 0 aliphatic carbocycles. The van der Waals surface area contributed by atoms with Crippen molar-refractivity contribution in [2.24, 2.45) is 11.7 Å². The Labute approximate surface area is 137 Å². The first-order chi connectivity index (χ1) is 10.9. The smallest absolute Gasteiger partial charge is 0.237 e. The molecular formula is C18H26N4O. The van der Waals surface area contributed by atoms with Gasteiger partial charge in [0.15, 0.2) is 0 Å². The summed E-state index contributed by atoms with van der Waals surface area (Å²) in [6.07, 6.45) is 0.688. The van der Waals surface area contributed by atoms with Crippen LogP contribution in [0.2, 0.25) is 0 Å². The SMILES string of the molecule is Cc1nn(-c2ccccc2)c(C)c1CNC(=O)[C@@H](N)CC(C)C. The number of aromatic nitrogens is 2. The van der Waals surface area contributed by atoms with Crippen LogP contribution < -0.4 is 11.1 Å². The highest BCUT2D eigenvalue weighted by Gasteiger charge is 2.17. The van der Waals surface area contributed by atoms with Gasteiger partial charge in [0, 0.05) is 17.8 Å². The molecular weight excluding hydrogens is 288 g/mol. The predicted molar refractivity (Wildman–Crippen MR) is 92.3 cm³/mol. The minimum Gasteiger partial charge on any atom is -0.351 e. The zero-order chi connectivity index (χ0) is 17.0. The Morgan fingerprint density at radius 1 is 1.26 bits per heavy atom. The fourth-order valence-corrected chi connectivity index (χ4v) is 2.67. The molecule has 1 aromatic heterocycles. The van der Waals surface area contributed by atoms with Crippen LogP contribution in [0.25, 0.3) is 5.69 Å². The number of rotatable bonds is 6. The van der Waals surface area contributed by atoms with Gasteiger partial charge in [0.1, 0.15) is 0 Å². The number of carbonyl (C=O) groups excluding carboxylic acids is 1. The summed E-state index contributed by atoms with van der Waals surface area (Å²) in [5, 5.41) is 7.52. The molecule has 0 radical (unpaired) electrons. The molecule has 0 aliphatic rings. The quantitative estimate of drug-likeness (QED) is 0.860. The van der Waals surface area contributed by atoms with E-state index < -0.39 is 6.04 Å². The molecule has 3 N–H and O–H groups in total. The number of aryl methyl sites for hydroxylation is 1. The lowest BCUT2D eigenvalue weighted by Crippen LogP contribution is -2.41. The average Bonchev–Trinajstić information content (AvgIpc) is 2.80. The summed E-state index contributed by atoms with van der Waals surface area (Å²) in [7, 11) is 0. The van der Waals surface area contributed by atoms with Crippen molar-refractivity contribution in [3.8, 4) is 5.69 Å². The number of nitrogens with two attached hydrogens (primary N) is 1. The van der Waals surface area contributed by atoms with Gasteiger partial charge in [-0.3, -0.25) is 4.79 Å². The lowest BCUT2D eigenvalue weighted by molar-refractivity contribution is -0.122. The first kappa shape index (κ1) is 17.2. The molecule has 2 aromatic rings. The van der Waals surface area contributed by atoms with Gasteiger partial charge in [-0.2, -0.15) is 5.10 Å². The third-order valence-corrected chi connectivity index (χ3v) is 3.94. The Balaban J connectivity index is 2.10. The van der Waals surface area contributed by atoms with Gasteiger partial charge in [-0.05, 0) is 38.3 Å². The van der Waals surface area contributed by atoms with Crippen molar-refractivity contribution in [1.82, 2.24) is 15.1 Å². The molecule has 1 amide bonds. The zero-order valence-corrected chi connectivity index (χ0v) is 14.3. The molecule has 1 heterocycles. The number of nitrogens with one attached hydrogen (secondary N) is 1. The minimum absolute atomic E-state index is 0.107. The van der Waals surface area contributed by atoms with Crippen LogP contribution in [0.1, 0.15) is 37.2 Å². The Kier molecular flexibility index (Phi) is 5.55. The molecule has 1 aromatic carbocycles. The fraction of sp³-hybridized carbons (Fsp3) is 0.444. The average molecular weight is 314 g/mol. The van der Waals surface area contributed by atoms with E-state index in [1.54, 1.807) is 0 Å². The van der Waals surface area contributed by atoms with E-state index in [1.165, 1.54) is 0 Å². The van der Waals surface area contributed by atoms with Crippen LogP contribution in [0.5, 0.6) is 0 Å². The number of para-hydroxylation sites is 1. The molecule has 0 saturated carbocycles. The van der Waals surface area contributed by atoms with E-state index in [0.29, 0.717) is 18.9 Å². The van der Waals surface area contributed by atoms with Crippen LogP contribution in [-0.4, -0.2) is 21.7 Å². The van der Waals surface area contributed by atoms with Crippen molar-refractivity contribution in [3.05, 3.63) is 47.3 Å². The standard InChI is InChI=1S/C18H26N4O/c1-12(2)10-17(19)18(23)20-11-16-13(3)21-22(14(16)4)15-8-6-5-7-9-15/h5-9,12,17H,10-11,19H2,1-4H3,(H,20,23)/t17-/m0/s1. The highest BCUT2D eigenvalue weighted by atomic mass is 16.2. The predicted octanol–water partition coefficient (Wildman–Crippen LogP) is 2.48. The van der Waals surface area contributed by atoms with E-state index in [0.717, 1.165) is 22.6 Å². The molecule has 2 rings (SSSR count). The van der Waals surface area contributed by atoms with Gasteiger partial charge >= 0.3 is 0 Å². The van der Waals surface area contributed by atoms with Gasteiger partial charge in [-0.15, -0.1) is 0 Å². The molecule has 124 valence electrons. The van der Waals surface area contributed by atoms with Crippen molar-refractivity contribution < 1.29 is 4.79 Å². The van der Waals surface area contributed by atoms with Crippen molar-refractivity contribution in [2.45, 2.75) is 46.7 Å². The molecule has 0 fully saturated rings. The van der Waals surface area contributed by atoms with Crippen molar-refractivity contribution >= 4 is 5.91 Å². The lowest BCUT2D eigenvalue weighted by atomic mass is 10.0. The molecule has 23 heavy (non-hydrogen) atoms. The van der Waals surface area contributed by atoms with E-state index in [2.05, 4.69) is 24.3 Å². The molecule has 0 spiro atoms. The summed E-state index contributed by atoms with van der Waals surface area (Å²) >= 11 is 0. The first-order valence-corrected chi connectivity index (χ1v) is 8.04. The van der Waals surface area contributed by atoms with E-state index in [9.17, 15) is 4.79 Å². The normalized spacial score (nSPS) is 12.4. The highest BCUT2D eigenvalue weighted by Crippen LogP contribution is 2.17. The van der Waals surface area contributed by atoms with Gasteiger partial charge in [-0.25, -0.2) is 4.68 Å². The number of benzene rings is 1. The van der Waals surface area contributed by atoms with Crippen LogP contribution in [0, 0.1) is 19.8 Å². The van der Waals surface area contributed by atoms with Crippen molar-refractivity contribution in [1.29, 1.82) is 0 Å². The van der Waals surface area contributed by atoms with Gasteiger partial charge in [0.25, 0.3) is 0 Å². The molecule has 0 bridgehead atoms. The molecule has 5 heteroatoms. The molecule has 1 atom stereocenters. The van der Waals surface area contributed by atoms with Gasteiger partial charge < -0.3 is 11.1 Å². The molecule has 5 nitrogen and oxygen atoms in total. The number of carbonyl (C=O) groups is 1. The maximum atomic E-state index is 12.1. The third kappa shape index (κ3) is 4.20. The third-order valence-electron chi connectivity index (χ3n) is 3.94. The number of hydrogen-bond donors (Lipinski definition) is 2. The highest BCUT2D eigenvalue weighted by molar-refractivity contribution is 5.81. The second-order valence-corrected chi connectivity index (χ2v) is 6.35. The second-order valence-electron chi connectivity index (χ2n) is 6.35. The first-order valence-electron chi connectivity index (χ1n) is 8.04. The van der Waals surface area contributed by atoms with Crippen LogP contribution in [0.15, 0.2) is 30.3 Å². The second kappa shape index (κ2) is 7.42. The maximum Gasteiger partial charge on any atom is 0.237 e. The molecule has 0 saturated heterocycles. The van der Waals surface area contributed by atoms with Gasteiger partial charge in [0.05, 0.1) is 17.4 Å². The Morgan fingerprint density at radius 3 is 2.52 bits per heavy atom. The molecule has 0 aliphatic heterocycles. The summed E-state index contributed by atoms with van der Waals surface area (Å²) in [6, 6.07) is 9.52. The number of amides is 1. The van der Waals surface area contributed by atoms with Crippen molar-refractivity contribution in [2.75, 3.05) is 0 Å². The summed E-state index contributed by atoms with van der Waals surface area (Å²) in [5.41, 5.74) is 9.93. The van der Waals surface area contributed by atoms with Crippen LogP contribution in [-0.2, 0) is 11.3 Å². The van der Waals surface area contributed by atoms with E-state index in [4.69, 9.17) is 5.73 Å². The van der Waals surface area contributed by atoms with Crippen LogP contribution in [0.3, 0.4) is 0 Å². The summed E-state index contributed by atoms with van der Waals surface area (Å²) in [6.45, 7) is 8.55. The largest absolute Gasteiger partial charge is 0.351 e. The molecule has 0 unspecified atom stereocenters. The summed E-state index contributed by atoms with van der Waals surface area (Å²) in [4.78, 5) is 12.1. The van der Waals surface area contributed by atoms with E-state index >= 15 is 0 Å². The topological polar surface area (TPSA) is 72.9 Å². The van der Waals surface area contributed by atoms with Crippen LogP contribution in [0.4, 0.5) is 0 Å². The summed E-state index contributed by atoms with van der Waals surface area (Å²) in [5.74, 6) is 0.296. The minimum atomic E-state index is -0.459.